The molecule has 2 aromatic rings. The number of amides is 2. The Bertz CT molecular complexity index is 830. The lowest BCUT2D eigenvalue weighted by Gasteiger charge is -2.18. The molecule has 0 unspecified atom stereocenters. The minimum absolute atomic E-state index is 0.0467. The molecule has 2 N–H and O–H groups in total. The first-order chi connectivity index (χ1) is 12.1. The molecule has 1 aliphatic rings. The minimum Gasteiger partial charge on any atom is -0.497 e. The van der Waals surface area contributed by atoms with E-state index in [1.165, 1.54) is 6.07 Å². The number of carbonyl (C=O) groups is 3. The summed E-state index contributed by atoms with van der Waals surface area (Å²) in [6.07, 6.45) is 0. The molecule has 128 valence electrons. The third-order valence-corrected chi connectivity index (χ3v) is 3.70. The summed E-state index contributed by atoms with van der Waals surface area (Å²) in [6.45, 7) is -0.181. The summed E-state index contributed by atoms with van der Waals surface area (Å²) in [5.74, 6) is 0.249. The third-order valence-electron chi connectivity index (χ3n) is 3.70. The van der Waals surface area contributed by atoms with E-state index in [1.807, 2.05) is 0 Å². The normalized spacial score (nSPS) is 12.4. The Labute approximate surface area is 143 Å². The Morgan fingerprint density at radius 1 is 1.16 bits per heavy atom. The molecule has 0 saturated carbocycles. The largest absolute Gasteiger partial charge is 0.497 e. The summed E-state index contributed by atoms with van der Waals surface area (Å²) in [5.41, 5.74) is 1.24. The van der Waals surface area contributed by atoms with Crippen LogP contribution in [0.25, 0.3) is 0 Å². The lowest BCUT2D eigenvalue weighted by atomic mass is 10.1. The van der Waals surface area contributed by atoms with Crippen LogP contribution in [0.15, 0.2) is 42.5 Å². The van der Waals surface area contributed by atoms with Crippen LogP contribution in [0.4, 0.5) is 5.69 Å². The van der Waals surface area contributed by atoms with E-state index < -0.39 is 5.91 Å². The molecule has 0 bridgehead atoms. The summed E-state index contributed by atoms with van der Waals surface area (Å²) in [7, 11) is 1.54. The van der Waals surface area contributed by atoms with E-state index in [1.54, 1.807) is 43.5 Å². The van der Waals surface area contributed by atoms with Gasteiger partial charge in [-0.25, -0.2) is 0 Å². The molecule has 7 nitrogen and oxygen atoms in total. The fraction of sp³-hybridized carbons (Fsp3) is 0.167. The van der Waals surface area contributed by atoms with Gasteiger partial charge in [0, 0.05) is 11.1 Å². The zero-order valence-corrected chi connectivity index (χ0v) is 13.5. The summed E-state index contributed by atoms with van der Waals surface area (Å²) in [6, 6.07) is 11.3. The first-order valence-electron chi connectivity index (χ1n) is 7.59. The van der Waals surface area contributed by atoms with Gasteiger partial charge in [-0.3, -0.25) is 14.4 Å². The smallest absolute Gasteiger partial charge is 0.262 e. The number of Topliss-reactive ketones (excluding diaryl/α,β-unsaturated/α-hetero) is 1. The van der Waals surface area contributed by atoms with Gasteiger partial charge in [-0.15, -0.1) is 0 Å². The molecule has 1 heterocycles. The molecule has 1 aliphatic heterocycles. The van der Waals surface area contributed by atoms with Crippen molar-refractivity contribution in [1.29, 1.82) is 0 Å². The molecule has 0 atom stereocenters. The zero-order chi connectivity index (χ0) is 17.8. The van der Waals surface area contributed by atoms with Gasteiger partial charge < -0.3 is 20.1 Å². The number of anilines is 1. The SMILES string of the molecule is COc1ccc(C(=O)CNC(=O)c2ccc3c(c2)NC(=O)CO3)cc1. The number of rotatable bonds is 5. The predicted octanol–water partition coefficient (Wildman–Crippen LogP) is 1.64. The maximum atomic E-state index is 12.2. The summed E-state index contributed by atoms with van der Waals surface area (Å²) in [5, 5.41) is 5.20. The molecule has 0 radical (unpaired) electrons. The van der Waals surface area contributed by atoms with E-state index in [0.29, 0.717) is 28.3 Å². The monoisotopic (exact) mass is 340 g/mol. The van der Waals surface area contributed by atoms with E-state index in [2.05, 4.69) is 10.6 Å². The number of carbonyl (C=O) groups excluding carboxylic acids is 3. The number of methoxy groups -OCH3 is 1. The molecule has 3 rings (SSSR count). The number of fused-ring (bicyclic) bond motifs is 1. The van der Waals surface area contributed by atoms with Crippen LogP contribution >= 0.6 is 0 Å². The lowest BCUT2D eigenvalue weighted by Crippen LogP contribution is -2.30. The van der Waals surface area contributed by atoms with Crippen molar-refractivity contribution in [3.63, 3.8) is 0 Å². The van der Waals surface area contributed by atoms with Crippen molar-refractivity contribution >= 4 is 23.3 Å². The first kappa shape index (κ1) is 16.5. The van der Waals surface area contributed by atoms with Crippen LogP contribution in [-0.2, 0) is 4.79 Å². The van der Waals surface area contributed by atoms with E-state index in [-0.39, 0.29) is 24.8 Å². The average molecular weight is 340 g/mol. The molecule has 2 aromatic carbocycles. The molecule has 7 heteroatoms. The minimum atomic E-state index is -0.413. The van der Waals surface area contributed by atoms with Crippen molar-refractivity contribution < 1.29 is 23.9 Å². The fourth-order valence-electron chi connectivity index (χ4n) is 2.37. The van der Waals surface area contributed by atoms with Crippen LogP contribution in [0, 0.1) is 0 Å². The predicted molar refractivity (Wildman–Crippen MR) is 90.2 cm³/mol. The van der Waals surface area contributed by atoms with Crippen LogP contribution in [0.2, 0.25) is 0 Å². The van der Waals surface area contributed by atoms with Crippen molar-refractivity contribution in [3.05, 3.63) is 53.6 Å². The standard InChI is InChI=1S/C18H16N2O5/c1-24-13-5-2-11(3-6-13)15(21)9-19-18(23)12-4-7-16-14(8-12)20-17(22)10-25-16/h2-8H,9-10H2,1H3,(H,19,23)(H,20,22). The average Bonchev–Trinajstić information content (AvgIpc) is 2.65. The number of nitrogens with one attached hydrogen (secondary N) is 2. The highest BCUT2D eigenvalue weighted by Gasteiger charge is 2.18. The lowest BCUT2D eigenvalue weighted by molar-refractivity contribution is -0.118. The molecule has 0 aromatic heterocycles. The second-order valence-corrected chi connectivity index (χ2v) is 5.38. The van der Waals surface area contributed by atoms with E-state index in [0.717, 1.165) is 0 Å². The summed E-state index contributed by atoms with van der Waals surface area (Å²) >= 11 is 0. The number of ether oxygens (including phenoxy) is 2. The topological polar surface area (TPSA) is 93.7 Å². The van der Waals surface area contributed by atoms with Crippen molar-refractivity contribution in [1.82, 2.24) is 5.32 Å². The van der Waals surface area contributed by atoms with E-state index in [4.69, 9.17) is 9.47 Å². The Morgan fingerprint density at radius 3 is 2.60 bits per heavy atom. The number of benzene rings is 2. The molecular formula is C18H16N2O5. The number of ketones is 1. The summed E-state index contributed by atoms with van der Waals surface area (Å²) < 4.78 is 10.3. The maximum Gasteiger partial charge on any atom is 0.262 e. The van der Waals surface area contributed by atoms with Gasteiger partial charge in [0.15, 0.2) is 12.4 Å². The van der Waals surface area contributed by atoms with E-state index in [9.17, 15) is 14.4 Å². The van der Waals surface area contributed by atoms with Crippen LogP contribution in [0.5, 0.6) is 11.5 Å². The van der Waals surface area contributed by atoms with Crippen LogP contribution in [0.3, 0.4) is 0 Å². The Morgan fingerprint density at radius 2 is 1.88 bits per heavy atom. The van der Waals surface area contributed by atoms with Gasteiger partial charge in [0.25, 0.3) is 11.8 Å². The van der Waals surface area contributed by atoms with Gasteiger partial charge in [0.1, 0.15) is 11.5 Å². The highest BCUT2D eigenvalue weighted by atomic mass is 16.5. The number of hydrogen-bond acceptors (Lipinski definition) is 5. The van der Waals surface area contributed by atoms with Crippen LogP contribution < -0.4 is 20.1 Å². The molecular weight excluding hydrogens is 324 g/mol. The molecule has 0 fully saturated rings. The molecule has 0 saturated heterocycles. The van der Waals surface area contributed by atoms with Gasteiger partial charge in [-0.1, -0.05) is 0 Å². The second kappa shape index (κ2) is 7.04. The fourth-order valence-corrected chi connectivity index (χ4v) is 2.37. The van der Waals surface area contributed by atoms with Crippen molar-refractivity contribution in [2.24, 2.45) is 0 Å². The Hall–Kier alpha value is -3.35. The van der Waals surface area contributed by atoms with Gasteiger partial charge >= 0.3 is 0 Å². The van der Waals surface area contributed by atoms with Gasteiger partial charge in [0.2, 0.25) is 0 Å². The zero-order valence-electron chi connectivity index (χ0n) is 13.5. The quantitative estimate of drug-likeness (QED) is 0.807. The van der Waals surface area contributed by atoms with Crippen LogP contribution in [-0.4, -0.2) is 37.9 Å². The maximum absolute atomic E-state index is 12.2. The molecule has 0 spiro atoms. The van der Waals surface area contributed by atoms with E-state index >= 15 is 0 Å². The van der Waals surface area contributed by atoms with Gasteiger partial charge in [-0.05, 0) is 42.5 Å². The molecule has 25 heavy (non-hydrogen) atoms. The Balaban J connectivity index is 1.63. The highest BCUT2D eigenvalue weighted by molar-refractivity contribution is 6.03. The van der Waals surface area contributed by atoms with Crippen molar-refractivity contribution in [2.75, 3.05) is 25.6 Å². The van der Waals surface area contributed by atoms with Crippen LogP contribution in [0.1, 0.15) is 20.7 Å². The molecule has 2 amide bonds. The Kier molecular flexibility index (Phi) is 4.65. The van der Waals surface area contributed by atoms with Crippen molar-refractivity contribution in [2.45, 2.75) is 0 Å². The highest BCUT2D eigenvalue weighted by Crippen LogP contribution is 2.28. The summed E-state index contributed by atoms with van der Waals surface area (Å²) in [4.78, 5) is 35.7. The van der Waals surface area contributed by atoms with Gasteiger partial charge in [-0.2, -0.15) is 0 Å². The third kappa shape index (κ3) is 3.77. The number of hydrogen-bond donors (Lipinski definition) is 2. The first-order valence-corrected chi connectivity index (χ1v) is 7.59. The molecule has 0 aliphatic carbocycles. The second-order valence-electron chi connectivity index (χ2n) is 5.38. The van der Waals surface area contributed by atoms with Crippen molar-refractivity contribution in [3.8, 4) is 11.5 Å². The van der Waals surface area contributed by atoms with Gasteiger partial charge in [0.05, 0.1) is 19.3 Å².